The lowest BCUT2D eigenvalue weighted by Crippen LogP contribution is -2.10. The van der Waals surface area contributed by atoms with Crippen molar-refractivity contribution in [2.24, 2.45) is 0 Å². The standard InChI is InChI=1S/C15H15NO4S/c1-10-6-12(8-16-7-10)9-21(19,20)14-5-3-4-13(11(14)2)15(17)18/h3-8H,9H2,1-2H3,(H,17,18). The highest BCUT2D eigenvalue weighted by molar-refractivity contribution is 7.90. The molecule has 0 saturated carbocycles. The third-order valence-corrected chi connectivity index (χ3v) is 4.96. The van der Waals surface area contributed by atoms with Gasteiger partial charge in [-0.2, -0.15) is 0 Å². The van der Waals surface area contributed by atoms with Crippen molar-refractivity contribution in [2.75, 3.05) is 0 Å². The van der Waals surface area contributed by atoms with Crippen molar-refractivity contribution >= 4 is 15.8 Å². The van der Waals surface area contributed by atoms with Gasteiger partial charge in [0.15, 0.2) is 9.84 Å². The zero-order chi connectivity index (χ0) is 15.6. The minimum absolute atomic E-state index is 0.00144. The van der Waals surface area contributed by atoms with Crippen LogP contribution in [-0.2, 0) is 15.6 Å². The molecule has 1 N–H and O–H groups in total. The van der Waals surface area contributed by atoms with E-state index in [0.717, 1.165) is 5.56 Å². The number of carbonyl (C=O) groups is 1. The van der Waals surface area contributed by atoms with E-state index in [1.54, 1.807) is 12.3 Å². The molecule has 1 aromatic heterocycles. The van der Waals surface area contributed by atoms with Crippen LogP contribution in [-0.4, -0.2) is 24.5 Å². The Bertz CT molecular complexity index is 797. The van der Waals surface area contributed by atoms with Gasteiger partial charge in [0.25, 0.3) is 0 Å². The first-order valence-corrected chi connectivity index (χ1v) is 7.92. The van der Waals surface area contributed by atoms with Crippen LogP contribution in [0, 0.1) is 13.8 Å². The van der Waals surface area contributed by atoms with Gasteiger partial charge in [-0.05, 0) is 42.7 Å². The first-order chi connectivity index (χ1) is 9.81. The lowest BCUT2D eigenvalue weighted by Gasteiger charge is -2.10. The summed E-state index contributed by atoms with van der Waals surface area (Å²) in [7, 11) is -3.62. The topological polar surface area (TPSA) is 84.3 Å². The number of aryl methyl sites for hydroxylation is 1. The summed E-state index contributed by atoms with van der Waals surface area (Å²) in [5.74, 6) is -1.34. The van der Waals surface area contributed by atoms with E-state index in [0.29, 0.717) is 5.56 Å². The minimum atomic E-state index is -3.62. The Morgan fingerprint density at radius 3 is 2.57 bits per heavy atom. The maximum Gasteiger partial charge on any atom is 0.335 e. The SMILES string of the molecule is Cc1cncc(CS(=O)(=O)c2cccc(C(=O)O)c2C)c1. The zero-order valence-electron chi connectivity index (χ0n) is 11.7. The molecule has 2 aromatic rings. The highest BCUT2D eigenvalue weighted by atomic mass is 32.2. The van der Waals surface area contributed by atoms with Crippen LogP contribution in [0.2, 0.25) is 0 Å². The number of sulfone groups is 1. The summed E-state index contributed by atoms with van der Waals surface area (Å²) < 4.78 is 25.0. The molecule has 6 heteroatoms. The fraction of sp³-hybridized carbons (Fsp3) is 0.200. The van der Waals surface area contributed by atoms with Crippen molar-refractivity contribution in [1.82, 2.24) is 4.98 Å². The second-order valence-corrected chi connectivity index (χ2v) is 6.82. The molecular weight excluding hydrogens is 290 g/mol. The van der Waals surface area contributed by atoms with Gasteiger partial charge in [-0.25, -0.2) is 13.2 Å². The molecule has 1 heterocycles. The van der Waals surface area contributed by atoms with Crippen LogP contribution in [0.1, 0.15) is 27.0 Å². The largest absolute Gasteiger partial charge is 0.478 e. The second-order valence-electron chi connectivity index (χ2n) is 4.86. The smallest absolute Gasteiger partial charge is 0.335 e. The molecule has 0 radical (unpaired) electrons. The fourth-order valence-corrected chi connectivity index (χ4v) is 3.79. The molecule has 5 nitrogen and oxygen atoms in total. The molecule has 0 amide bonds. The van der Waals surface area contributed by atoms with Crippen molar-refractivity contribution in [1.29, 1.82) is 0 Å². The summed E-state index contributed by atoms with van der Waals surface area (Å²) in [4.78, 5) is 15.1. The highest BCUT2D eigenvalue weighted by Gasteiger charge is 2.21. The molecule has 21 heavy (non-hydrogen) atoms. The van der Waals surface area contributed by atoms with E-state index >= 15 is 0 Å². The van der Waals surface area contributed by atoms with E-state index in [9.17, 15) is 13.2 Å². The Morgan fingerprint density at radius 2 is 1.95 bits per heavy atom. The van der Waals surface area contributed by atoms with E-state index < -0.39 is 15.8 Å². The number of carboxylic acids is 1. The number of carboxylic acid groups (broad SMARTS) is 1. The van der Waals surface area contributed by atoms with Gasteiger partial charge in [0.2, 0.25) is 0 Å². The molecule has 0 aliphatic carbocycles. The van der Waals surface area contributed by atoms with Crippen molar-refractivity contribution in [3.63, 3.8) is 0 Å². The van der Waals surface area contributed by atoms with Crippen molar-refractivity contribution < 1.29 is 18.3 Å². The molecule has 0 spiro atoms. The summed E-state index contributed by atoms with van der Waals surface area (Å²) in [5, 5.41) is 9.08. The molecule has 0 bridgehead atoms. The monoisotopic (exact) mass is 305 g/mol. The first kappa shape index (κ1) is 15.2. The number of aromatic carboxylic acids is 1. The molecular formula is C15H15NO4S. The minimum Gasteiger partial charge on any atom is -0.478 e. The van der Waals surface area contributed by atoms with Gasteiger partial charge in [-0.3, -0.25) is 4.98 Å². The average molecular weight is 305 g/mol. The Balaban J connectivity index is 2.45. The lowest BCUT2D eigenvalue weighted by atomic mass is 10.1. The average Bonchev–Trinajstić information content (AvgIpc) is 2.37. The van der Waals surface area contributed by atoms with Gasteiger partial charge in [0.1, 0.15) is 0 Å². The van der Waals surface area contributed by atoms with E-state index in [4.69, 9.17) is 5.11 Å². The van der Waals surface area contributed by atoms with Crippen LogP contribution in [0.4, 0.5) is 0 Å². The molecule has 0 atom stereocenters. The predicted molar refractivity (Wildman–Crippen MR) is 78.0 cm³/mol. The maximum absolute atomic E-state index is 12.5. The van der Waals surface area contributed by atoms with Gasteiger partial charge in [0, 0.05) is 12.4 Å². The van der Waals surface area contributed by atoms with Gasteiger partial charge >= 0.3 is 5.97 Å². The summed E-state index contributed by atoms with van der Waals surface area (Å²) in [6.07, 6.45) is 3.15. The summed E-state index contributed by atoms with van der Waals surface area (Å²) in [6.45, 7) is 3.34. The van der Waals surface area contributed by atoms with Crippen LogP contribution >= 0.6 is 0 Å². The third-order valence-electron chi connectivity index (χ3n) is 3.14. The Hall–Kier alpha value is -2.21. The summed E-state index contributed by atoms with van der Waals surface area (Å²) in [6, 6.07) is 6.02. The summed E-state index contributed by atoms with van der Waals surface area (Å²) >= 11 is 0. The van der Waals surface area contributed by atoms with Gasteiger partial charge in [-0.1, -0.05) is 12.1 Å². The number of aromatic nitrogens is 1. The first-order valence-electron chi connectivity index (χ1n) is 6.27. The number of hydrogen-bond acceptors (Lipinski definition) is 4. The number of pyridine rings is 1. The predicted octanol–water partition coefficient (Wildman–Crippen LogP) is 2.37. The van der Waals surface area contributed by atoms with Crippen LogP contribution in [0.3, 0.4) is 0 Å². The van der Waals surface area contributed by atoms with Crippen LogP contribution in [0.15, 0.2) is 41.6 Å². The quantitative estimate of drug-likeness (QED) is 0.937. The number of nitrogens with zero attached hydrogens (tertiary/aromatic N) is 1. The Kier molecular flexibility index (Phi) is 4.09. The second kappa shape index (κ2) is 5.65. The van der Waals surface area contributed by atoms with Gasteiger partial charge in [-0.15, -0.1) is 0 Å². The van der Waals surface area contributed by atoms with Crippen LogP contribution in [0.5, 0.6) is 0 Å². The number of rotatable bonds is 4. The molecule has 110 valence electrons. The van der Waals surface area contributed by atoms with Crippen molar-refractivity contribution in [3.05, 3.63) is 58.9 Å². The number of hydrogen-bond donors (Lipinski definition) is 1. The fourth-order valence-electron chi connectivity index (χ4n) is 2.18. The molecule has 0 unspecified atom stereocenters. The van der Waals surface area contributed by atoms with E-state index in [2.05, 4.69) is 4.98 Å². The number of benzene rings is 1. The van der Waals surface area contributed by atoms with Crippen molar-refractivity contribution in [2.45, 2.75) is 24.5 Å². The summed E-state index contributed by atoms with van der Waals surface area (Å²) in [5.41, 5.74) is 1.71. The molecule has 0 aliphatic heterocycles. The molecule has 0 aliphatic rings. The Labute approximate surface area is 123 Å². The maximum atomic E-state index is 12.5. The third kappa shape index (κ3) is 3.28. The molecule has 0 fully saturated rings. The lowest BCUT2D eigenvalue weighted by molar-refractivity contribution is 0.0696. The van der Waals surface area contributed by atoms with E-state index in [1.165, 1.54) is 31.3 Å². The Morgan fingerprint density at radius 1 is 1.24 bits per heavy atom. The van der Waals surface area contributed by atoms with Crippen LogP contribution in [0.25, 0.3) is 0 Å². The van der Waals surface area contributed by atoms with E-state index in [1.807, 2.05) is 6.92 Å². The highest BCUT2D eigenvalue weighted by Crippen LogP contribution is 2.23. The van der Waals surface area contributed by atoms with Crippen molar-refractivity contribution in [3.8, 4) is 0 Å². The van der Waals surface area contributed by atoms with Gasteiger partial charge < -0.3 is 5.11 Å². The normalized spacial score (nSPS) is 11.3. The molecule has 0 saturated heterocycles. The van der Waals surface area contributed by atoms with Gasteiger partial charge in [0.05, 0.1) is 16.2 Å². The zero-order valence-corrected chi connectivity index (χ0v) is 12.5. The van der Waals surface area contributed by atoms with Crippen LogP contribution < -0.4 is 0 Å². The molecule has 1 aromatic carbocycles. The molecule has 2 rings (SSSR count). The van der Waals surface area contributed by atoms with E-state index in [-0.39, 0.29) is 21.8 Å².